The lowest BCUT2D eigenvalue weighted by Gasteiger charge is -2.22. The van der Waals surface area contributed by atoms with Crippen LogP contribution in [0.3, 0.4) is 0 Å². The quantitative estimate of drug-likeness (QED) is 0.759. The molecule has 0 unspecified atom stereocenters. The van der Waals surface area contributed by atoms with Gasteiger partial charge in [-0.2, -0.15) is 0 Å². The molecule has 2 aromatic carbocycles. The van der Waals surface area contributed by atoms with Gasteiger partial charge in [-0.15, -0.1) is 0 Å². The van der Waals surface area contributed by atoms with Crippen LogP contribution in [0.4, 0.5) is 4.39 Å². The Morgan fingerprint density at radius 3 is 2.30 bits per heavy atom. The van der Waals surface area contributed by atoms with Crippen molar-refractivity contribution in [2.45, 2.75) is 6.54 Å². The van der Waals surface area contributed by atoms with Crippen LogP contribution in [0.25, 0.3) is 0 Å². The van der Waals surface area contributed by atoms with Crippen LogP contribution in [0.5, 0.6) is 0 Å². The van der Waals surface area contributed by atoms with Gasteiger partial charge >= 0.3 is 0 Å². The molecule has 0 aliphatic carbocycles. The van der Waals surface area contributed by atoms with E-state index in [1.807, 2.05) is 30.3 Å². The molecule has 0 bridgehead atoms. The summed E-state index contributed by atoms with van der Waals surface area (Å²) >= 11 is 3.36. The number of hydrogen-bond acceptors (Lipinski definition) is 1. The van der Waals surface area contributed by atoms with Gasteiger partial charge in [0, 0.05) is 24.0 Å². The van der Waals surface area contributed by atoms with Gasteiger partial charge in [-0.1, -0.05) is 46.3 Å². The van der Waals surface area contributed by atoms with Gasteiger partial charge in [0.1, 0.15) is 5.82 Å². The van der Waals surface area contributed by atoms with E-state index in [0.29, 0.717) is 24.0 Å². The van der Waals surface area contributed by atoms with Gasteiger partial charge < -0.3 is 4.90 Å². The van der Waals surface area contributed by atoms with Crippen molar-refractivity contribution in [3.8, 4) is 0 Å². The lowest BCUT2D eigenvalue weighted by atomic mass is 10.1. The van der Waals surface area contributed by atoms with Crippen molar-refractivity contribution < 1.29 is 9.18 Å². The number of benzene rings is 2. The lowest BCUT2D eigenvalue weighted by molar-refractivity contribution is 0.0754. The van der Waals surface area contributed by atoms with E-state index < -0.39 is 0 Å². The first-order valence-corrected chi connectivity index (χ1v) is 7.47. The second kappa shape index (κ2) is 7.20. The molecule has 0 saturated heterocycles. The van der Waals surface area contributed by atoms with Crippen molar-refractivity contribution in [1.82, 2.24) is 4.90 Å². The zero-order valence-corrected chi connectivity index (χ0v) is 12.5. The Morgan fingerprint density at radius 1 is 1.05 bits per heavy atom. The first-order valence-electron chi connectivity index (χ1n) is 6.35. The number of nitrogens with zero attached hydrogens (tertiary/aromatic N) is 1. The molecule has 0 radical (unpaired) electrons. The molecule has 4 heteroatoms. The summed E-state index contributed by atoms with van der Waals surface area (Å²) in [6.45, 7) is 1.15. The molecule has 0 aromatic heterocycles. The van der Waals surface area contributed by atoms with Crippen LogP contribution in [-0.2, 0) is 6.54 Å². The summed E-state index contributed by atoms with van der Waals surface area (Å²) in [4.78, 5) is 14.2. The van der Waals surface area contributed by atoms with Crippen LogP contribution in [-0.4, -0.2) is 22.7 Å². The molecule has 20 heavy (non-hydrogen) atoms. The Hall–Kier alpha value is -1.68. The summed E-state index contributed by atoms with van der Waals surface area (Å²) in [6.07, 6.45) is 0. The van der Waals surface area contributed by atoms with Crippen LogP contribution in [0, 0.1) is 5.82 Å². The van der Waals surface area contributed by atoms with E-state index >= 15 is 0 Å². The molecule has 1 amide bonds. The van der Waals surface area contributed by atoms with Gasteiger partial charge in [0.15, 0.2) is 0 Å². The van der Waals surface area contributed by atoms with Crippen LogP contribution < -0.4 is 0 Å². The number of carbonyl (C=O) groups is 1. The van der Waals surface area contributed by atoms with Gasteiger partial charge in [-0.3, -0.25) is 4.79 Å². The molecule has 0 fully saturated rings. The van der Waals surface area contributed by atoms with Crippen LogP contribution in [0.1, 0.15) is 15.9 Å². The van der Waals surface area contributed by atoms with Gasteiger partial charge in [0.05, 0.1) is 0 Å². The third-order valence-electron chi connectivity index (χ3n) is 2.95. The molecule has 0 aliphatic heterocycles. The van der Waals surface area contributed by atoms with Gasteiger partial charge in [0.2, 0.25) is 0 Å². The first kappa shape index (κ1) is 14.7. The molecule has 0 spiro atoms. The maximum Gasteiger partial charge on any atom is 0.254 e. The normalized spacial score (nSPS) is 10.3. The third kappa shape index (κ3) is 3.90. The number of halogens is 2. The monoisotopic (exact) mass is 335 g/mol. The smallest absolute Gasteiger partial charge is 0.254 e. The Bertz CT molecular complexity index is 556. The van der Waals surface area contributed by atoms with Crippen molar-refractivity contribution in [2.75, 3.05) is 11.9 Å². The summed E-state index contributed by atoms with van der Waals surface area (Å²) in [6, 6.07) is 15.5. The summed E-state index contributed by atoms with van der Waals surface area (Å²) in [5.41, 5.74) is 1.58. The van der Waals surface area contributed by atoms with Crippen LogP contribution in [0.2, 0.25) is 0 Å². The van der Waals surface area contributed by atoms with E-state index in [4.69, 9.17) is 0 Å². The van der Waals surface area contributed by atoms with E-state index in [1.54, 1.807) is 4.90 Å². The molecular formula is C16H15BrFNO. The average molecular weight is 336 g/mol. The minimum Gasteiger partial charge on any atom is -0.333 e. The van der Waals surface area contributed by atoms with E-state index in [0.717, 1.165) is 5.56 Å². The first-order chi connectivity index (χ1) is 9.70. The standard InChI is InChI=1S/C16H15BrFNO/c17-10-11-19(12-13-4-2-1-3-5-13)16(20)14-6-8-15(18)9-7-14/h1-9H,10-12H2. The van der Waals surface area contributed by atoms with Crippen molar-refractivity contribution >= 4 is 21.8 Å². The Labute approximate surface area is 126 Å². The molecule has 2 aromatic rings. The number of alkyl halides is 1. The van der Waals surface area contributed by atoms with Crippen molar-refractivity contribution in [3.63, 3.8) is 0 Å². The Kier molecular flexibility index (Phi) is 5.30. The van der Waals surface area contributed by atoms with E-state index in [9.17, 15) is 9.18 Å². The summed E-state index contributed by atoms with van der Waals surface area (Å²) in [7, 11) is 0. The van der Waals surface area contributed by atoms with Gasteiger partial charge in [-0.25, -0.2) is 4.39 Å². The summed E-state index contributed by atoms with van der Waals surface area (Å²) < 4.78 is 12.9. The highest BCUT2D eigenvalue weighted by molar-refractivity contribution is 9.09. The second-order valence-corrected chi connectivity index (χ2v) is 5.20. The molecule has 0 N–H and O–H groups in total. The van der Waals surface area contributed by atoms with Crippen molar-refractivity contribution in [1.29, 1.82) is 0 Å². The van der Waals surface area contributed by atoms with E-state index in [1.165, 1.54) is 24.3 Å². The highest BCUT2D eigenvalue weighted by atomic mass is 79.9. The number of carbonyl (C=O) groups excluding carboxylic acids is 1. The fourth-order valence-corrected chi connectivity index (χ4v) is 2.36. The van der Waals surface area contributed by atoms with Crippen molar-refractivity contribution in [3.05, 3.63) is 71.5 Å². The Balaban J connectivity index is 2.15. The number of hydrogen-bond donors (Lipinski definition) is 0. The minimum atomic E-state index is -0.336. The number of amides is 1. The fraction of sp³-hybridized carbons (Fsp3) is 0.188. The van der Waals surface area contributed by atoms with Gasteiger partial charge in [-0.05, 0) is 29.8 Å². The van der Waals surface area contributed by atoms with E-state index in [-0.39, 0.29) is 11.7 Å². The number of rotatable bonds is 5. The zero-order valence-electron chi connectivity index (χ0n) is 10.9. The summed E-state index contributed by atoms with van der Waals surface area (Å²) in [5.74, 6) is -0.426. The van der Waals surface area contributed by atoms with Gasteiger partial charge in [0.25, 0.3) is 5.91 Å². The predicted octanol–water partition coefficient (Wildman–Crippen LogP) is 3.86. The van der Waals surface area contributed by atoms with Crippen LogP contribution >= 0.6 is 15.9 Å². The van der Waals surface area contributed by atoms with Crippen LogP contribution in [0.15, 0.2) is 54.6 Å². The SMILES string of the molecule is O=C(c1ccc(F)cc1)N(CCBr)Cc1ccccc1. The topological polar surface area (TPSA) is 20.3 Å². The highest BCUT2D eigenvalue weighted by Crippen LogP contribution is 2.11. The molecule has 2 nitrogen and oxygen atoms in total. The van der Waals surface area contributed by atoms with E-state index in [2.05, 4.69) is 15.9 Å². The highest BCUT2D eigenvalue weighted by Gasteiger charge is 2.15. The lowest BCUT2D eigenvalue weighted by Crippen LogP contribution is -2.32. The van der Waals surface area contributed by atoms with Crippen molar-refractivity contribution in [2.24, 2.45) is 0 Å². The molecule has 0 heterocycles. The fourth-order valence-electron chi connectivity index (χ4n) is 1.93. The summed E-state index contributed by atoms with van der Waals surface area (Å²) in [5, 5.41) is 0.701. The maximum atomic E-state index is 12.9. The molecule has 0 atom stereocenters. The largest absolute Gasteiger partial charge is 0.333 e. The molecule has 2 rings (SSSR count). The predicted molar refractivity (Wildman–Crippen MR) is 81.4 cm³/mol. The average Bonchev–Trinajstić information content (AvgIpc) is 2.48. The molecular weight excluding hydrogens is 321 g/mol. The molecule has 0 saturated carbocycles. The maximum absolute atomic E-state index is 12.9. The second-order valence-electron chi connectivity index (χ2n) is 4.41. The minimum absolute atomic E-state index is 0.0895. The third-order valence-corrected chi connectivity index (χ3v) is 3.30. The Morgan fingerprint density at radius 2 is 1.70 bits per heavy atom. The molecule has 0 aliphatic rings. The molecule has 104 valence electrons. The zero-order chi connectivity index (χ0) is 14.4.